The highest BCUT2D eigenvalue weighted by atomic mass is 16.3. The number of pyridine rings is 1. The minimum Gasteiger partial charge on any atom is -0.455 e. The zero-order valence-corrected chi connectivity index (χ0v) is 16.6. The van der Waals surface area contributed by atoms with E-state index in [1.165, 1.54) is 53.0 Å². The molecule has 29 heavy (non-hydrogen) atoms. The highest BCUT2D eigenvalue weighted by molar-refractivity contribution is 6.17. The second-order valence-electron chi connectivity index (χ2n) is 8.36. The molecule has 3 aromatic carbocycles. The molecule has 142 valence electrons. The third kappa shape index (κ3) is 2.59. The van der Waals surface area contributed by atoms with Crippen LogP contribution in [0, 0.1) is 6.92 Å². The summed E-state index contributed by atoms with van der Waals surface area (Å²) in [5.74, 6) is 0.677. The van der Waals surface area contributed by atoms with Crippen LogP contribution in [0.3, 0.4) is 0 Å². The molecule has 0 amide bonds. The Morgan fingerprint density at radius 3 is 2.52 bits per heavy atom. The summed E-state index contributed by atoms with van der Waals surface area (Å²) in [6.07, 6.45) is 7.24. The number of aromatic nitrogens is 1. The predicted molar refractivity (Wildman–Crippen MR) is 120 cm³/mol. The topological polar surface area (TPSA) is 26.0 Å². The highest BCUT2D eigenvalue weighted by Crippen LogP contribution is 2.41. The van der Waals surface area contributed by atoms with Crippen molar-refractivity contribution >= 4 is 32.7 Å². The van der Waals surface area contributed by atoms with Gasteiger partial charge in [-0.05, 0) is 60.4 Å². The summed E-state index contributed by atoms with van der Waals surface area (Å²) in [7, 11) is 0. The Hall–Kier alpha value is -3.13. The fourth-order valence-corrected chi connectivity index (χ4v) is 5.08. The molecule has 0 spiro atoms. The quantitative estimate of drug-likeness (QED) is 0.314. The predicted octanol–water partition coefficient (Wildman–Crippen LogP) is 7.77. The molecule has 1 aliphatic carbocycles. The van der Waals surface area contributed by atoms with Crippen LogP contribution in [0.4, 0.5) is 0 Å². The van der Waals surface area contributed by atoms with Crippen molar-refractivity contribution in [1.82, 2.24) is 4.98 Å². The normalized spacial score (nSPS) is 15.1. The zero-order valence-electron chi connectivity index (χ0n) is 16.6. The van der Waals surface area contributed by atoms with Crippen LogP contribution in [0.15, 0.2) is 71.3 Å². The van der Waals surface area contributed by atoms with Gasteiger partial charge >= 0.3 is 0 Å². The second kappa shape index (κ2) is 6.45. The van der Waals surface area contributed by atoms with Crippen LogP contribution in [0.5, 0.6) is 0 Å². The van der Waals surface area contributed by atoms with Crippen LogP contribution in [-0.2, 0) is 0 Å². The Balaban J connectivity index is 1.63. The first kappa shape index (κ1) is 16.8. The van der Waals surface area contributed by atoms with Crippen molar-refractivity contribution in [1.29, 1.82) is 0 Å². The molecule has 0 N–H and O–H groups in total. The van der Waals surface area contributed by atoms with E-state index < -0.39 is 0 Å². The van der Waals surface area contributed by atoms with Gasteiger partial charge in [0.05, 0.1) is 5.69 Å². The Bertz CT molecular complexity index is 1370. The lowest BCUT2D eigenvalue weighted by atomic mass is 9.95. The molecule has 1 saturated carbocycles. The van der Waals surface area contributed by atoms with Crippen molar-refractivity contribution < 1.29 is 4.42 Å². The molecule has 0 radical (unpaired) electrons. The smallest absolute Gasteiger partial charge is 0.145 e. The SMILES string of the molecule is Cc1ccc2c(oc3c4ccccc4ccc23)c1-c1cc(C2CCCC2)ccn1. The molecule has 5 aromatic rings. The molecule has 1 fully saturated rings. The monoisotopic (exact) mass is 377 g/mol. The van der Waals surface area contributed by atoms with Gasteiger partial charge in [-0.25, -0.2) is 0 Å². The summed E-state index contributed by atoms with van der Waals surface area (Å²) in [4.78, 5) is 4.76. The number of nitrogens with zero attached hydrogens (tertiary/aromatic N) is 1. The summed E-state index contributed by atoms with van der Waals surface area (Å²) in [6.45, 7) is 2.16. The maximum Gasteiger partial charge on any atom is 0.145 e. The number of fused-ring (bicyclic) bond motifs is 5. The summed E-state index contributed by atoms with van der Waals surface area (Å²) in [5, 5.41) is 4.71. The van der Waals surface area contributed by atoms with E-state index in [1.807, 2.05) is 6.20 Å². The number of aryl methyl sites for hydroxylation is 1. The Kier molecular flexibility index (Phi) is 3.73. The van der Waals surface area contributed by atoms with Crippen molar-refractivity contribution in [3.05, 3.63) is 78.0 Å². The molecular weight excluding hydrogens is 354 g/mol. The van der Waals surface area contributed by atoms with E-state index in [4.69, 9.17) is 9.40 Å². The fraction of sp³-hybridized carbons (Fsp3) is 0.222. The van der Waals surface area contributed by atoms with Crippen LogP contribution < -0.4 is 0 Å². The van der Waals surface area contributed by atoms with Gasteiger partial charge in [-0.3, -0.25) is 4.98 Å². The average molecular weight is 377 g/mol. The highest BCUT2D eigenvalue weighted by Gasteiger charge is 2.20. The molecule has 2 nitrogen and oxygen atoms in total. The van der Waals surface area contributed by atoms with Gasteiger partial charge in [0, 0.05) is 27.9 Å². The molecule has 2 heterocycles. The van der Waals surface area contributed by atoms with Crippen molar-refractivity contribution in [2.75, 3.05) is 0 Å². The van der Waals surface area contributed by atoms with Crippen LogP contribution in [0.1, 0.15) is 42.7 Å². The van der Waals surface area contributed by atoms with Gasteiger partial charge in [0.2, 0.25) is 0 Å². The molecule has 2 heteroatoms. The number of benzene rings is 3. The van der Waals surface area contributed by atoms with E-state index in [9.17, 15) is 0 Å². The van der Waals surface area contributed by atoms with Crippen molar-refractivity contribution in [2.24, 2.45) is 0 Å². The number of rotatable bonds is 2. The molecule has 6 rings (SSSR count). The van der Waals surface area contributed by atoms with Gasteiger partial charge in [0.15, 0.2) is 0 Å². The molecular formula is C27H23NO. The number of hydrogen-bond donors (Lipinski definition) is 0. The van der Waals surface area contributed by atoms with Gasteiger partial charge in [-0.15, -0.1) is 0 Å². The Morgan fingerprint density at radius 1 is 0.828 bits per heavy atom. The first-order valence-electron chi connectivity index (χ1n) is 10.6. The molecule has 0 saturated heterocycles. The van der Waals surface area contributed by atoms with Crippen LogP contribution in [-0.4, -0.2) is 4.98 Å². The zero-order chi connectivity index (χ0) is 19.4. The maximum atomic E-state index is 6.56. The minimum atomic E-state index is 0.677. The third-order valence-corrected chi connectivity index (χ3v) is 6.61. The van der Waals surface area contributed by atoms with Crippen LogP contribution in [0.25, 0.3) is 44.0 Å². The van der Waals surface area contributed by atoms with Gasteiger partial charge < -0.3 is 4.42 Å². The first-order chi connectivity index (χ1) is 14.3. The van der Waals surface area contributed by atoms with Crippen molar-refractivity contribution in [3.8, 4) is 11.3 Å². The van der Waals surface area contributed by atoms with E-state index in [1.54, 1.807) is 0 Å². The summed E-state index contributed by atoms with van der Waals surface area (Å²) < 4.78 is 6.56. The van der Waals surface area contributed by atoms with Crippen molar-refractivity contribution in [2.45, 2.75) is 38.5 Å². The molecule has 0 atom stereocenters. The van der Waals surface area contributed by atoms with E-state index in [0.717, 1.165) is 27.8 Å². The largest absolute Gasteiger partial charge is 0.455 e. The van der Waals surface area contributed by atoms with Gasteiger partial charge in [-0.1, -0.05) is 55.3 Å². The van der Waals surface area contributed by atoms with Gasteiger partial charge in [0.1, 0.15) is 11.2 Å². The lowest BCUT2D eigenvalue weighted by molar-refractivity contribution is 0.673. The second-order valence-corrected chi connectivity index (χ2v) is 8.36. The lowest BCUT2D eigenvalue weighted by Crippen LogP contribution is -1.95. The Labute approximate surface area is 170 Å². The van der Waals surface area contributed by atoms with E-state index >= 15 is 0 Å². The molecule has 1 aliphatic rings. The molecule has 0 bridgehead atoms. The maximum absolute atomic E-state index is 6.56. The number of hydrogen-bond acceptors (Lipinski definition) is 2. The summed E-state index contributed by atoms with van der Waals surface area (Å²) in [5.41, 5.74) is 6.70. The van der Waals surface area contributed by atoms with Crippen LogP contribution >= 0.6 is 0 Å². The van der Waals surface area contributed by atoms with E-state index in [-0.39, 0.29) is 0 Å². The minimum absolute atomic E-state index is 0.677. The van der Waals surface area contributed by atoms with Gasteiger partial charge in [0.25, 0.3) is 0 Å². The van der Waals surface area contributed by atoms with E-state index in [0.29, 0.717) is 5.92 Å². The molecule has 0 unspecified atom stereocenters. The number of furan rings is 1. The average Bonchev–Trinajstić information content (AvgIpc) is 3.42. The first-order valence-corrected chi connectivity index (χ1v) is 10.6. The summed E-state index contributed by atoms with van der Waals surface area (Å²) in [6, 6.07) is 21.7. The molecule has 2 aromatic heterocycles. The van der Waals surface area contributed by atoms with E-state index in [2.05, 4.69) is 67.6 Å². The lowest BCUT2D eigenvalue weighted by Gasteiger charge is -2.12. The fourth-order valence-electron chi connectivity index (χ4n) is 5.08. The summed E-state index contributed by atoms with van der Waals surface area (Å²) >= 11 is 0. The van der Waals surface area contributed by atoms with Gasteiger partial charge in [-0.2, -0.15) is 0 Å². The Morgan fingerprint density at radius 2 is 1.62 bits per heavy atom. The standard InChI is InChI=1S/C27H23NO/c1-17-10-12-23-22-13-11-19-8-4-5-9-21(19)26(22)29-27(23)25(17)24-16-20(14-15-28-24)18-6-2-3-7-18/h4-5,8-16,18H,2-3,6-7H2,1H3. The van der Waals surface area contributed by atoms with Crippen molar-refractivity contribution in [3.63, 3.8) is 0 Å². The molecule has 0 aliphatic heterocycles. The van der Waals surface area contributed by atoms with Crippen LogP contribution in [0.2, 0.25) is 0 Å². The third-order valence-electron chi connectivity index (χ3n) is 6.61.